The van der Waals surface area contributed by atoms with Crippen molar-refractivity contribution in [1.82, 2.24) is 4.98 Å². The number of nitrogens with zero attached hydrogens (tertiary/aromatic N) is 1. The quantitative estimate of drug-likeness (QED) is 0.610. The summed E-state index contributed by atoms with van der Waals surface area (Å²) >= 11 is 0. The van der Waals surface area contributed by atoms with Crippen LogP contribution in [0.25, 0.3) is 0 Å². The van der Waals surface area contributed by atoms with E-state index in [1.807, 2.05) is 12.4 Å². The molecule has 1 aliphatic carbocycles. The number of hydrogen-bond donors (Lipinski definition) is 0. The Morgan fingerprint density at radius 1 is 1.29 bits per heavy atom. The van der Waals surface area contributed by atoms with E-state index in [1.54, 1.807) is 0 Å². The zero-order valence-electron chi connectivity index (χ0n) is 9.38. The second-order valence-corrected chi connectivity index (χ2v) is 5.45. The van der Waals surface area contributed by atoms with Crippen molar-refractivity contribution in [3.05, 3.63) is 29.6 Å². The zero-order valence-corrected chi connectivity index (χ0v) is 9.38. The van der Waals surface area contributed by atoms with E-state index in [-0.39, 0.29) is 0 Å². The first-order valence-corrected chi connectivity index (χ1v) is 5.49. The van der Waals surface area contributed by atoms with Crippen molar-refractivity contribution < 1.29 is 0 Å². The summed E-state index contributed by atoms with van der Waals surface area (Å²) in [5.41, 5.74) is 3.43. The van der Waals surface area contributed by atoms with Crippen LogP contribution in [0.15, 0.2) is 18.5 Å². The van der Waals surface area contributed by atoms with E-state index in [2.05, 4.69) is 31.8 Å². The van der Waals surface area contributed by atoms with Gasteiger partial charge in [-0.3, -0.25) is 4.98 Å². The van der Waals surface area contributed by atoms with Gasteiger partial charge in [-0.1, -0.05) is 20.8 Å². The lowest BCUT2D eigenvalue weighted by molar-refractivity contribution is 0.216. The third kappa shape index (κ3) is 1.82. The SMILES string of the molecule is CC(C)(C)[C@@H]1CCc2cnccc2C1. The Morgan fingerprint density at radius 3 is 2.79 bits per heavy atom. The molecule has 0 unspecified atom stereocenters. The molecule has 0 bridgehead atoms. The Kier molecular flexibility index (Phi) is 2.34. The lowest BCUT2D eigenvalue weighted by Crippen LogP contribution is -2.26. The average Bonchev–Trinajstić information content (AvgIpc) is 2.16. The van der Waals surface area contributed by atoms with Gasteiger partial charge in [-0.05, 0) is 47.8 Å². The van der Waals surface area contributed by atoms with Crippen molar-refractivity contribution >= 4 is 0 Å². The first kappa shape index (κ1) is 9.70. The molecule has 76 valence electrons. The van der Waals surface area contributed by atoms with Crippen LogP contribution in [0.5, 0.6) is 0 Å². The minimum Gasteiger partial charge on any atom is -0.264 e. The van der Waals surface area contributed by atoms with Gasteiger partial charge in [0, 0.05) is 12.4 Å². The van der Waals surface area contributed by atoms with E-state index in [9.17, 15) is 0 Å². The molecule has 0 radical (unpaired) electrons. The highest BCUT2D eigenvalue weighted by Gasteiger charge is 2.28. The number of pyridine rings is 1. The molecule has 1 aromatic heterocycles. The maximum Gasteiger partial charge on any atom is 0.0302 e. The number of rotatable bonds is 0. The van der Waals surface area contributed by atoms with Gasteiger partial charge in [-0.25, -0.2) is 0 Å². The minimum absolute atomic E-state index is 0.445. The predicted molar refractivity (Wildman–Crippen MR) is 59.2 cm³/mol. The molecule has 0 aliphatic heterocycles. The first-order valence-electron chi connectivity index (χ1n) is 5.49. The summed E-state index contributed by atoms with van der Waals surface area (Å²) in [6.45, 7) is 7.05. The highest BCUT2D eigenvalue weighted by Crippen LogP contribution is 2.36. The zero-order chi connectivity index (χ0) is 10.2. The summed E-state index contributed by atoms with van der Waals surface area (Å²) < 4.78 is 0. The van der Waals surface area contributed by atoms with Crippen LogP contribution in [-0.4, -0.2) is 4.98 Å². The molecular weight excluding hydrogens is 170 g/mol. The van der Waals surface area contributed by atoms with Crippen LogP contribution in [0.3, 0.4) is 0 Å². The molecule has 0 spiro atoms. The Hall–Kier alpha value is -0.850. The summed E-state index contributed by atoms with van der Waals surface area (Å²) in [4.78, 5) is 4.19. The molecule has 0 N–H and O–H groups in total. The standard InChI is InChI=1S/C13H19N/c1-13(2,3)12-5-4-11-9-14-7-6-10(11)8-12/h6-7,9,12H,4-5,8H2,1-3H3/t12-/m1/s1. The average molecular weight is 189 g/mol. The molecule has 1 aromatic rings. The van der Waals surface area contributed by atoms with Crippen LogP contribution in [0, 0.1) is 11.3 Å². The lowest BCUT2D eigenvalue weighted by atomic mass is 9.71. The van der Waals surface area contributed by atoms with Gasteiger partial charge in [0.1, 0.15) is 0 Å². The van der Waals surface area contributed by atoms with Crippen LogP contribution in [0.2, 0.25) is 0 Å². The van der Waals surface area contributed by atoms with Crippen molar-refractivity contribution in [2.24, 2.45) is 11.3 Å². The fourth-order valence-electron chi connectivity index (χ4n) is 2.32. The first-order chi connectivity index (χ1) is 6.57. The van der Waals surface area contributed by atoms with Gasteiger partial charge in [0.05, 0.1) is 0 Å². The minimum atomic E-state index is 0.445. The highest BCUT2D eigenvalue weighted by molar-refractivity contribution is 5.26. The molecule has 0 saturated carbocycles. The number of hydrogen-bond acceptors (Lipinski definition) is 1. The van der Waals surface area contributed by atoms with Crippen LogP contribution >= 0.6 is 0 Å². The molecular formula is C13H19N. The van der Waals surface area contributed by atoms with Crippen molar-refractivity contribution in [2.45, 2.75) is 40.0 Å². The summed E-state index contributed by atoms with van der Waals surface area (Å²) in [5.74, 6) is 0.831. The van der Waals surface area contributed by atoms with Gasteiger partial charge in [0.25, 0.3) is 0 Å². The second kappa shape index (κ2) is 3.38. The van der Waals surface area contributed by atoms with Crippen LogP contribution in [0.1, 0.15) is 38.3 Å². The van der Waals surface area contributed by atoms with Gasteiger partial charge >= 0.3 is 0 Å². The van der Waals surface area contributed by atoms with Gasteiger partial charge in [0.15, 0.2) is 0 Å². The fourth-order valence-corrected chi connectivity index (χ4v) is 2.32. The predicted octanol–water partition coefficient (Wildman–Crippen LogP) is 3.23. The number of fused-ring (bicyclic) bond motifs is 1. The Balaban J connectivity index is 2.22. The van der Waals surface area contributed by atoms with E-state index in [4.69, 9.17) is 0 Å². The van der Waals surface area contributed by atoms with E-state index in [0.717, 1.165) is 5.92 Å². The van der Waals surface area contributed by atoms with Crippen molar-refractivity contribution in [1.29, 1.82) is 0 Å². The molecule has 0 saturated heterocycles. The van der Waals surface area contributed by atoms with Crippen molar-refractivity contribution in [2.75, 3.05) is 0 Å². The Morgan fingerprint density at radius 2 is 2.07 bits per heavy atom. The molecule has 1 atom stereocenters. The Bertz CT molecular complexity index is 322. The van der Waals surface area contributed by atoms with E-state index >= 15 is 0 Å². The number of aromatic nitrogens is 1. The van der Waals surface area contributed by atoms with E-state index in [1.165, 1.54) is 30.4 Å². The molecule has 2 rings (SSSR count). The molecule has 14 heavy (non-hydrogen) atoms. The molecule has 1 heteroatoms. The fraction of sp³-hybridized carbons (Fsp3) is 0.615. The largest absolute Gasteiger partial charge is 0.264 e. The van der Waals surface area contributed by atoms with Crippen LogP contribution in [-0.2, 0) is 12.8 Å². The van der Waals surface area contributed by atoms with Crippen molar-refractivity contribution in [3.8, 4) is 0 Å². The smallest absolute Gasteiger partial charge is 0.0302 e. The van der Waals surface area contributed by atoms with E-state index in [0.29, 0.717) is 5.41 Å². The highest BCUT2D eigenvalue weighted by atomic mass is 14.6. The maximum atomic E-state index is 4.19. The molecule has 1 nitrogen and oxygen atoms in total. The molecule has 1 aliphatic rings. The van der Waals surface area contributed by atoms with E-state index < -0.39 is 0 Å². The Labute approximate surface area is 86.6 Å². The monoisotopic (exact) mass is 189 g/mol. The molecule has 0 fully saturated rings. The van der Waals surface area contributed by atoms with Gasteiger partial charge in [-0.2, -0.15) is 0 Å². The van der Waals surface area contributed by atoms with Gasteiger partial charge in [-0.15, -0.1) is 0 Å². The summed E-state index contributed by atoms with van der Waals surface area (Å²) in [5, 5.41) is 0. The maximum absolute atomic E-state index is 4.19. The summed E-state index contributed by atoms with van der Waals surface area (Å²) in [7, 11) is 0. The third-order valence-electron chi connectivity index (χ3n) is 3.46. The topological polar surface area (TPSA) is 12.9 Å². The van der Waals surface area contributed by atoms with Gasteiger partial charge in [0.2, 0.25) is 0 Å². The van der Waals surface area contributed by atoms with Crippen LogP contribution in [0.4, 0.5) is 0 Å². The van der Waals surface area contributed by atoms with Crippen LogP contribution < -0.4 is 0 Å². The normalized spacial score (nSPS) is 21.8. The number of aryl methyl sites for hydroxylation is 1. The lowest BCUT2D eigenvalue weighted by Gasteiger charge is -2.34. The molecule has 1 heterocycles. The van der Waals surface area contributed by atoms with Crippen molar-refractivity contribution in [3.63, 3.8) is 0 Å². The van der Waals surface area contributed by atoms with Gasteiger partial charge < -0.3 is 0 Å². The second-order valence-electron chi connectivity index (χ2n) is 5.45. The summed E-state index contributed by atoms with van der Waals surface area (Å²) in [6.07, 6.45) is 7.73. The molecule has 0 aromatic carbocycles. The summed E-state index contributed by atoms with van der Waals surface area (Å²) in [6, 6.07) is 2.19. The molecule has 0 amide bonds. The third-order valence-corrected chi connectivity index (χ3v) is 3.46.